The zero-order chi connectivity index (χ0) is 15.8. The van der Waals surface area contributed by atoms with E-state index in [1.807, 2.05) is 29.2 Å². The second-order valence-corrected chi connectivity index (χ2v) is 6.01. The van der Waals surface area contributed by atoms with Crippen LogP contribution in [0.25, 0.3) is 0 Å². The smallest absolute Gasteiger partial charge is 0.227 e. The molecule has 4 heteroatoms. The van der Waals surface area contributed by atoms with Gasteiger partial charge >= 0.3 is 0 Å². The highest BCUT2D eigenvalue weighted by atomic mass is 16.5. The van der Waals surface area contributed by atoms with Gasteiger partial charge in [0, 0.05) is 26.8 Å². The van der Waals surface area contributed by atoms with Gasteiger partial charge in [0.2, 0.25) is 5.91 Å². The first kappa shape index (κ1) is 16.8. The summed E-state index contributed by atoms with van der Waals surface area (Å²) in [6.45, 7) is 2.60. The SMILES string of the molecule is COCCC[C@@H]1CCCN(C(=O)Cc2cccc(OC)c2)C1. The van der Waals surface area contributed by atoms with E-state index in [2.05, 4.69) is 0 Å². The predicted molar refractivity (Wildman–Crippen MR) is 87.1 cm³/mol. The summed E-state index contributed by atoms with van der Waals surface area (Å²) in [6, 6.07) is 7.77. The van der Waals surface area contributed by atoms with Crippen LogP contribution in [0, 0.1) is 5.92 Å². The van der Waals surface area contributed by atoms with Crippen LogP contribution in [0.5, 0.6) is 5.75 Å². The lowest BCUT2D eigenvalue weighted by atomic mass is 9.93. The molecule has 0 unspecified atom stereocenters. The summed E-state index contributed by atoms with van der Waals surface area (Å²) in [5.74, 6) is 1.66. The van der Waals surface area contributed by atoms with E-state index in [9.17, 15) is 4.79 Å². The minimum Gasteiger partial charge on any atom is -0.497 e. The second kappa shape index (κ2) is 8.79. The van der Waals surface area contributed by atoms with Gasteiger partial charge in [-0.15, -0.1) is 0 Å². The molecule has 0 aromatic heterocycles. The lowest BCUT2D eigenvalue weighted by Gasteiger charge is -2.33. The van der Waals surface area contributed by atoms with Crippen molar-refractivity contribution in [2.45, 2.75) is 32.1 Å². The maximum atomic E-state index is 12.5. The molecule has 1 heterocycles. The number of likely N-dealkylation sites (tertiary alicyclic amines) is 1. The Morgan fingerprint density at radius 3 is 3.00 bits per heavy atom. The Morgan fingerprint density at radius 2 is 2.23 bits per heavy atom. The van der Waals surface area contributed by atoms with Crippen molar-refractivity contribution in [3.63, 3.8) is 0 Å². The van der Waals surface area contributed by atoms with Crippen molar-refractivity contribution in [1.82, 2.24) is 4.90 Å². The Kier molecular flexibility index (Phi) is 6.72. The Bertz CT molecular complexity index is 475. The summed E-state index contributed by atoms with van der Waals surface area (Å²) in [6.07, 6.45) is 5.03. The minimum atomic E-state index is 0.227. The zero-order valence-corrected chi connectivity index (χ0v) is 13.7. The molecule has 0 radical (unpaired) electrons. The quantitative estimate of drug-likeness (QED) is 0.727. The number of carbonyl (C=O) groups excluding carboxylic acids is 1. The third-order valence-corrected chi connectivity index (χ3v) is 4.32. The van der Waals surface area contributed by atoms with E-state index in [1.165, 1.54) is 6.42 Å². The molecule has 0 N–H and O–H groups in total. The van der Waals surface area contributed by atoms with Crippen molar-refractivity contribution in [2.75, 3.05) is 33.9 Å². The van der Waals surface area contributed by atoms with Crippen LogP contribution in [0.3, 0.4) is 0 Å². The summed E-state index contributed by atoms with van der Waals surface area (Å²) < 4.78 is 10.3. The molecule has 0 spiro atoms. The molecular formula is C18H27NO3. The van der Waals surface area contributed by atoms with Crippen molar-refractivity contribution >= 4 is 5.91 Å². The molecule has 1 atom stereocenters. The maximum absolute atomic E-state index is 12.5. The first-order valence-electron chi connectivity index (χ1n) is 8.12. The fraction of sp³-hybridized carbons (Fsp3) is 0.611. The molecule has 22 heavy (non-hydrogen) atoms. The van der Waals surface area contributed by atoms with E-state index >= 15 is 0 Å². The third kappa shape index (κ3) is 5.02. The predicted octanol–water partition coefficient (Wildman–Crippen LogP) is 2.90. The fourth-order valence-electron chi connectivity index (χ4n) is 3.11. The number of hydrogen-bond acceptors (Lipinski definition) is 3. The average Bonchev–Trinajstić information content (AvgIpc) is 2.55. The van der Waals surface area contributed by atoms with Gasteiger partial charge in [0.25, 0.3) is 0 Å². The van der Waals surface area contributed by atoms with Crippen molar-refractivity contribution in [3.05, 3.63) is 29.8 Å². The second-order valence-electron chi connectivity index (χ2n) is 6.01. The van der Waals surface area contributed by atoms with Crippen molar-refractivity contribution in [2.24, 2.45) is 5.92 Å². The Labute approximate surface area is 133 Å². The first-order valence-corrected chi connectivity index (χ1v) is 8.12. The van der Waals surface area contributed by atoms with E-state index in [-0.39, 0.29) is 5.91 Å². The van der Waals surface area contributed by atoms with Crippen molar-refractivity contribution < 1.29 is 14.3 Å². The zero-order valence-electron chi connectivity index (χ0n) is 13.7. The highest BCUT2D eigenvalue weighted by Gasteiger charge is 2.23. The van der Waals surface area contributed by atoms with Crippen LogP contribution in [-0.4, -0.2) is 44.7 Å². The lowest BCUT2D eigenvalue weighted by Crippen LogP contribution is -2.40. The van der Waals surface area contributed by atoms with Crippen LogP contribution in [0.15, 0.2) is 24.3 Å². The van der Waals surface area contributed by atoms with Crippen LogP contribution in [0.2, 0.25) is 0 Å². The highest BCUT2D eigenvalue weighted by molar-refractivity contribution is 5.79. The van der Waals surface area contributed by atoms with Crippen molar-refractivity contribution in [3.8, 4) is 5.75 Å². The molecule has 0 saturated carbocycles. The molecule has 1 saturated heterocycles. The molecule has 1 aromatic carbocycles. The number of hydrogen-bond donors (Lipinski definition) is 0. The van der Waals surface area contributed by atoms with Crippen LogP contribution >= 0.6 is 0 Å². The van der Waals surface area contributed by atoms with Gasteiger partial charge < -0.3 is 14.4 Å². The number of carbonyl (C=O) groups is 1. The molecule has 122 valence electrons. The van der Waals surface area contributed by atoms with E-state index in [4.69, 9.17) is 9.47 Å². The Hall–Kier alpha value is -1.55. The van der Waals surface area contributed by atoms with Gasteiger partial charge in [-0.3, -0.25) is 4.79 Å². The summed E-state index contributed by atoms with van der Waals surface area (Å²) in [7, 11) is 3.39. The number of ether oxygens (including phenoxy) is 2. The summed E-state index contributed by atoms with van der Waals surface area (Å²) in [5, 5.41) is 0. The number of nitrogens with zero attached hydrogens (tertiary/aromatic N) is 1. The number of benzene rings is 1. The van der Waals surface area contributed by atoms with Crippen LogP contribution in [0.1, 0.15) is 31.2 Å². The van der Waals surface area contributed by atoms with Gasteiger partial charge in [0.15, 0.2) is 0 Å². The van der Waals surface area contributed by atoms with E-state index in [0.29, 0.717) is 12.3 Å². The topological polar surface area (TPSA) is 38.8 Å². The monoisotopic (exact) mass is 305 g/mol. The molecular weight excluding hydrogens is 278 g/mol. The van der Waals surface area contributed by atoms with Crippen molar-refractivity contribution in [1.29, 1.82) is 0 Å². The molecule has 2 rings (SSSR count). The summed E-state index contributed by atoms with van der Waals surface area (Å²) >= 11 is 0. The largest absolute Gasteiger partial charge is 0.497 e. The first-order chi connectivity index (χ1) is 10.7. The van der Waals surface area contributed by atoms with Crippen LogP contribution in [0.4, 0.5) is 0 Å². The molecule has 1 fully saturated rings. The van der Waals surface area contributed by atoms with Gasteiger partial charge in [-0.2, -0.15) is 0 Å². The minimum absolute atomic E-state index is 0.227. The number of amides is 1. The molecule has 0 bridgehead atoms. The Balaban J connectivity index is 1.85. The van der Waals surface area contributed by atoms with Gasteiger partial charge in [0.05, 0.1) is 13.5 Å². The van der Waals surface area contributed by atoms with Gasteiger partial charge in [0.1, 0.15) is 5.75 Å². The number of rotatable bonds is 7. The van der Waals surface area contributed by atoms with E-state index in [1.54, 1.807) is 14.2 Å². The molecule has 1 amide bonds. The summed E-state index contributed by atoms with van der Waals surface area (Å²) in [4.78, 5) is 14.5. The average molecular weight is 305 g/mol. The van der Waals surface area contributed by atoms with E-state index < -0.39 is 0 Å². The molecule has 4 nitrogen and oxygen atoms in total. The fourth-order valence-corrected chi connectivity index (χ4v) is 3.11. The maximum Gasteiger partial charge on any atom is 0.227 e. The van der Waals surface area contributed by atoms with Gasteiger partial charge in [-0.1, -0.05) is 12.1 Å². The normalized spacial score (nSPS) is 18.3. The van der Waals surface area contributed by atoms with Crippen LogP contribution < -0.4 is 4.74 Å². The highest BCUT2D eigenvalue weighted by Crippen LogP contribution is 2.22. The van der Waals surface area contributed by atoms with Gasteiger partial charge in [-0.25, -0.2) is 0 Å². The van der Waals surface area contributed by atoms with Crippen LogP contribution in [-0.2, 0) is 16.0 Å². The molecule has 0 aliphatic carbocycles. The summed E-state index contributed by atoms with van der Waals surface area (Å²) in [5.41, 5.74) is 1.02. The molecule has 1 aliphatic rings. The lowest BCUT2D eigenvalue weighted by molar-refractivity contribution is -0.132. The molecule has 1 aliphatic heterocycles. The van der Waals surface area contributed by atoms with Gasteiger partial charge in [-0.05, 0) is 49.3 Å². The standard InChI is InChI=1S/C18H27NO3/c1-21-11-5-8-15-7-4-10-19(14-15)18(20)13-16-6-3-9-17(12-16)22-2/h3,6,9,12,15H,4-5,7-8,10-11,13-14H2,1-2H3/t15-/m0/s1. The third-order valence-electron chi connectivity index (χ3n) is 4.32. The van der Waals surface area contributed by atoms with E-state index in [0.717, 1.165) is 50.3 Å². The number of piperidine rings is 1. The number of methoxy groups -OCH3 is 2. The Morgan fingerprint density at radius 1 is 1.36 bits per heavy atom. The molecule has 1 aromatic rings.